The lowest BCUT2D eigenvalue weighted by molar-refractivity contribution is -0.139. The minimum Gasteiger partial charge on any atom is -0.449 e. The fourth-order valence-electron chi connectivity index (χ4n) is 4.02. The van der Waals surface area contributed by atoms with Crippen molar-refractivity contribution in [3.05, 3.63) is 30.1 Å². The summed E-state index contributed by atoms with van der Waals surface area (Å²) in [5.41, 5.74) is 0.982. The highest BCUT2D eigenvalue weighted by molar-refractivity contribution is 5.77. The van der Waals surface area contributed by atoms with Gasteiger partial charge in [0.1, 0.15) is 0 Å². The standard InChI is InChI=1S/C21H31N3O3/c1-20(2,3)16-27-19(26)23-11-5-8-21(14-23)9-7-18(25)24(15-21)13-17-6-4-10-22-12-17/h4,6,10,12H,5,7-9,11,13-16H2,1-3H3. The maximum absolute atomic E-state index is 12.5. The van der Waals surface area contributed by atoms with Crippen LogP contribution in [0.25, 0.3) is 0 Å². The Kier molecular flexibility index (Phi) is 5.72. The van der Waals surface area contributed by atoms with Crippen LogP contribution in [0.5, 0.6) is 0 Å². The molecular weight excluding hydrogens is 342 g/mol. The molecule has 3 heterocycles. The number of pyridine rings is 1. The number of hydrogen-bond donors (Lipinski definition) is 0. The van der Waals surface area contributed by atoms with Crippen molar-refractivity contribution in [2.24, 2.45) is 10.8 Å². The zero-order valence-corrected chi connectivity index (χ0v) is 16.7. The molecular formula is C21H31N3O3. The lowest BCUT2D eigenvalue weighted by atomic mass is 9.73. The van der Waals surface area contributed by atoms with Gasteiger partial charge in [-0.05, 0) is 36.3 Å². The first-order valence-corrected chi connectivity index (χ1v) is 9.85. The molecule has 2 aliphatic rings. The van der Waals surface area contributed by atoms with Crippen molar-refractivity contribution in [3.8, 4) is 0 Å². The van der Waals surface area contributed by atoms with E-state index >= 15 is 0 Å². The molecule has 3 rings (SSSR count). The molecule has 6 nitrogen and oxygen atoms in total. The zero-order chi connectivity index (χ0) is 19.5. The van der Waals surface area contributed by atoms with Crippen molar-refractivity contribution in [1.29, 1.82) is 0 Å². The molecule has 2 aliphatic heterocycles. The summed E-state index contributed by atoms with van der Waals surface area (Å²) in [6.45, 7) is 9.28. The highest BCUT2D eigenvalue weighted by atomic mass is 16.6. The second-order valence-electron chi connectivity index (χ2n) is 9.25. The number of carbonyl (C=O) groups excluding carboxylic acids is 2. The van der Waals surface area contributed by atoms with Crippen LogP contribution in [0.15, 0.2) is 24.5 Å². The molecule has 0 saturated carbocycles. The topological polar surface area (TPSA) is 62.7 Å². The van der Waals surface area contributed by atoms with Crippen LogP contribution in [-0.2, 0) is 16.1 Å². The zero-order valence-electron chi connectivity index (χ0n) is 16.7. The second kappa shape index (κ2) is 7.87. The van der Waals surface area contributed by atoms with Crippen molar-refractivity contribution in [3.63, 3.8) is 0 Å². The predicted octanol–water partition coefficient (Wildman–Crippen LogP) is 3.47. The van der Waals surface area contributed by atoms with Crippen LogP contribution >= 0.6 is 0 Å². The minimum absolute atomic E-state index is 0.0187. The molecule has 0 aliphatic carbocycles. The monoisotopic (exact) mass is 373 g/mol. The molecule has 1 aromatic heterocycles. The molecule has 0 bridgehead atoms. The Labute approximate surface area is 161 Å². The summed E-state index contributed by atoms with van der Waals surface area (Å²) < 4.78 is 5.52. The number of carbonyl (C=O) groups is 2. The van der Waals surface area contributed by atoms with Crippen molar-refractivity contribution in [1.82, 2.24) is 14.8 Å². The van der Waals surface area contributed by atoms with Gasteiger partial charge in [0.15, 0.2) is 0 Å². The van der Waals surface area contributed by atoms with Crippen LogP contribution in [-0.4, -0.2) is 53.0 Å². The quantitative estimate of drug-likeness (QED) is 0.814. The van der Waals surface area contributed by atoms with Gasteiger partial charge in [0, 0.05) is 50.4 Å². The summed E-state index contributed by atoms with van der Waals surface area (Å²) in [6.07, 6.45) is 6.73. The van der Waals surface area contributed by atoms with Crippen LogP contribution in [0, 0.1) is 10.8 Å². The van der Waals surface area contributed by atoms with Crippen LogP contribution < -0.4 is 0 Å². The first kappa shape index (κ1) is 19.6. The third-order valence-corrected chi connectivity index (χ3v) is 5.39. The van der Waals surface area contributed by atoms with Gasteiger partial charge in [0.2, 0.25) is 5.91 Å². The summed E-state index contributed by atoms with van der Waals surface area (Å²) in [5, 5.41) is 0. The van der Waals surface area contributed by atoms with Crippen LogP contribution in [0.3, 0.4) is 0 Å². The van der Waals surface area contributed by atoms with Gasteiger partial charge in [-0.15, -0.1) is 0 Å². The van der Waals surface area contributed by atoms with E-state index in [4.69, 9.17) is 4.74 Å². The lowest BCUT2D eigenvalue weighted by Crippen LogP contribution is -2.55. The van der Waals surface area contributed by atoms with E-state index in [0.29, 0.717) is 32.7 Å². The van der Waals surface area contributed by atoms with Crippen molar-refractivity contribution < 1.29 is 14.3 Å². The highest BCUT2D eigenvalue weighted by Crippen LogP contribution is 2.39. The van der Waals surface area contributed by atoms with Gasteiger partial charge in [-0.25, -0.2) is 4.79 Å². The summed E-state index contributed by atoms with van der Waals surface area (Å²) in [6, 6.07) is 3.89. The Balaban J connectivity index is 1.64. The number of nitrogens with zero attached hydrogens (tertiary/aromatic N) is 3. The Morgan fingerprint density at radius 2 is 2.11 bits per heavy atom. The second-order valence-corrected chi connectivity index (χ2v) is 9.25. The van der Waals surface area contributed by atoms with E-state index in [-0.39, 0.29) is 22.8 Å². The number of piperidine rings is 2. The average molecular weight is 373 g/mol. The van der Waals surface area contributed by atoms with Crippen LogP contribution in [0.4, 0.5) is 4.79 Å². The van der Waals surface area contributed by atoms with Gasteiger partial charge in [-0.2, -0.15) is 0 Å². The molecule has 0 N–H and O–H groups in total. The molecule has 1 spiro atoms. The van der Waals surface area contributed by atoms with E-state index in [2.05, 4.69) is 25.8 Å². The lowest BCUT2D eigenvalue weighted by Gasteiger charge is -2.48. The molecule has 2 fully saturated rings. The van der Waals surface area contributed by atoms with Crippen molar-refractivity contribution >= 4 is 12.0 Å². The highest BCUT2D eigenvalue weighted by Gasteiger charge is 2.43. The molecule has 1 atom stereocenters. The first-order valence-electron chi connectivity index (χ1n) is 9.85. The van der Waals surface area contributed by atoms with Gasteiger partial charge in [-0.3, -0.25) is 9.78 Å². The predicted molar refractivity (Wildman–Crippen MR) is 103 cm³/mol. The number of ether oxygens (including phenoxy) is 1. The van der Waals surface area contributed by atoms with E-state index in [9.17, 15) is 9.59 Å². The van der Waals surface area contributed by atoms with Crippen LogP contribution in [0.1, 0.15) is 52.0 Å². The third-order valence-electron chi connectivity index (χ3n) is 5.39. The number of rotatable bonds is 3. The largest absolute Gasteiger partial charge is 0.449 e. The van der Waals surface area contributed by atoms with Gasteiger partial charge in [0.25, 0.3) is 0 Å². The van der Waals surface area contributed by atoms with Gasteiger partial charge in [-0.1, -0.05) is 26.8 Å². The normalized spacial score (nSPS) is 23.6. The molecule has 6 heteroatoms. The summed E-state index contributed by atoms with van der Waals surface area (Å²) in [7, 11) is 0. The first-order chi connectivity index (χ1) is 12.8. The molecule has 0 radical (unpaired) electrons. The summed E-state index contributed by atoms with van der Waals surface area (Å²) in [5.74, 6) is 0.192. The minimum atomic E-state index is -0.222. The number of hydrogen-bond acceptors (Lipinski definition) is 4. The smallest absolute Gasteiger partial charge is 0.409 e. The Morgan fingerprint density at radius 3 is 2.81 bits per heavy atom. The maximum atomic E-state index is 12.5. The molecule has 27 heavy (non-hydrogen) atoms. The molecule has 1 unspecified atom stereocenters. The van der Waals surface area contributed by atoms with Crippen molar-refractivity contribution in [2.75, 3.05) is 26.2 Å². The SMILES string of the molecule is CC(C)(C)COC(=O)N1CCCC2(CCC(=O)N(Cc3cccnc3)C2)C1. The maximum Gasteiger partial charge on any atom is 0.409 e. The molecule has 0 aromatic carbocycles. The molecule has 2 amide bonds. The average Bonchev–Trinajstić information content (AvgIpc) is 2.63. The van der Waals surface area contributed by atoms with Gasteiger partial charge < -0.3 is 14.5 Å². The molecule has 1 aromatic rings. The number of aromatic nitrogens is 1. The number of amides is 2. The van der Waals surface area contributed by atoms with Gasteiger partial charge in [0.05, 0.1) is 6.61 Å². The fraction of sp³-hybridized carbons (Fsp3) is 0.667. The molecule has 148 valence electrons. The fourth-order valence-corrected chi connectivity index (χ4v) is 4.02. The van der Waals surface area contributed by atoms with E-state index in [1.807, 2.05) is 28.1 Å². The van der Waals surface area contributed by atoms with Crippen LogP contribution in [0.2, 0.25) is 0 Å². The van der Waals surface area contributed by atoms with E-state index in [1.165, 1.54) is 0 Å². The Hall–Kier alpha value is -2.11. The Morgan fingerprint density at radius 1 is 1.30 bits per heavy atom. The Bertz CT molecular complexity index is 671. The number of likely N-dealkylation sites (tertiary alicyclic amines) is 2. The summed E-state index contributed by atoms with van der Waals surface area (Å²) >= 11 is 0. The third kappa shape index (κ3) is 5.21. The van der Waals surface area contributed by atoms with E-state index in [0.717, 1.165) is 31.4 Å². The van der Waals surface area contributed by atoms with E-state index < -0.39 is 0 Å². The van der Waals surface area contributed by atoms with E-state index in [1.54, 1.807) is 6.20 Å². The van der Waals surface area contributed by atoms with Gasteiger partial charge >= 0.3 is 6.09 Å². The van der Waals surface area contributed by atoms with Crippen molar-refractivity contribution in [2.45, 2.75) is 53.0 Å². The molecule has 2 saturated heterocycles. The summed E-state index contributed by atoms with van der Waals surface area (Å²) in [4.78, 5) is 32.9.